The molecule has 2 rings (SSSR count). The molecular formula is C11H17N3O. The van der Waals surface area contributed by atoms with Crippen LogP contribution in [0.3, 0.4) is 0 Å². The lowest BCUT2D eigenvalue weighted by atomic mass is 10.3. The predicted octanol–water partition coefficient (Wildman–Crippen LogP) is 1.35. The molecule has 0 saturated heterocycles. The number of amides is 1. The third-order valence-corrected chi connectivity index (χ3v) is 2.81. The molecule has 0 unspecified atom stereocenters. The Morgan fingerprint density at radius 2 is 2.33 bits per heavy atom. The van der Waals surface area contributed by atoms with Gasteiger partial charge in [-0.1, -0.05) is 0 Å². The SMILES string of the molecule is CCN(C(=O)c1cc(C)nn1C)C1CC1. The smallest absolute Gasteiger partial charge is 0.272 e. The van der Waals surface area contributed by atoms with Crippen molar-refractivity contribution in [3.8, 4) is 0 Å². The van der Waals surface area contributed by atoms with Crippen LogP contribution < -0.4 is 0 Å². The second kappa shape index (κ2) is 3.68. The molecule has 1 saturated carbocycles. The number of carbonyl (C=O) groups excluding carboxylic acids is 1. The first kappa shape index (κ1) is 10.2. The molecule has 1 aromatic heterocycles. The van der Waals surface area contributed by atoms with Gasteiger partial charge in [0.1, 0.15) is 5.69 Å². The number of rotatable bonds is 3. The van der Waals surface area contributed by atoms with Crippen molar-refractivity contribution in [2.45, 2.75) is 32.7 Å². The maximum atomic E-state index is 12.2. The minimum Gasteiger partial charge on any atom is -0.335 e. The van der Waals surface area contributed by atoms with Crippen LogP contribution in [0.4, 0.5) is 0 Å². The van der Waals surface area contributed by atoms with Crippen LogP contribution in [0.2, 0.25) is 0 Å². The van der Waals surface area contributed by atoms with Gasteiger partial charge in [-0.25, -0.2) is 0 Å². The molecule has 1 aromatic rings. The molecule has 82 valence electrons. The van der Waals surface area contributed by atoms with Crippen molar-refractivity contribution in [2.24, 2.45) is 7.05 Å². The van der Waals surface area contributed by atoms with Gasteiger partial charge in [0, 0.05) is 19.6 Å². The van der Waals surface area contributed by atoms with Crippen LogP contribution in [0.25, 0.3) is 0 Å². The van der Waals surface area contributed by atoms with Gasteiger partial charge in [0.15, 0.2) is 0 Å². The molecule has 4 nitrogen and oxygen atoms in total. The predicted molar refractivity (Wildman–Crippen MR) is 57.7 cm³/mol. The van der Waals surface area contributed by atoms with Gasteiger partial charge in [-0.2, -0.15) is 5.10 Å². The number of carbonyl (C=O) groups is 1. The Hall–Kier alpha value is -1.32. The summed E-state index contributed by atoms with van der Waals surface area (Å²) in [6.07, 6.45) is 2.30. The molecule has 0 aliphatic heterocycles. The molecular weight excluding hydrogens is 190 g/mol. The first-order valence-electron chi connectivity index (χ1n) is 5.45. The van der Waals surface area contributed by atoms with Crippen LogP contribution in [0, 0.1) is 6.92 Å². The van der Waals surface area contributed by atoms with Crippen LogP contribution in [0.1, 0.15) is 35.9 Å². The molecule has 1 aliphatic carbocycles. The average Bonchev–Trinajstić information content (AvgIpc) is 2.94. The molecule has 0 N–H and O–H groups in total. The second-order valence-electron chi connectivity index (χ2n) is 4.12. The van der Waals surface area contributed by atoms with Crippen molar-refractivity contribution in [2.75, 3.05) is 6.54 Å². The van der Waals surface area contributed by atoms with Crippen molar-refractivity contribution >= 4 is 5.91 Å². The van der Waals surface area contributed by atoms with Crippen LogP contribution in [-0.2, 0) is 7.05 Å². The molecule has 1 aliphatic rings. The van der Waals surface area contributed by atoms with E-state index in [1.54, 1.807) is 4.68 Å². The maximum absolute atomic E-state index is 12.2. The first-order valence-corrected chi connectivity index (χ1v) is 5.45. The van der Waals surface area contributed by atoms with Crippen molar-refractivity contribution in [1.29, 1.82) is 0 Å². The van der Waals surface area contributed by atoms with Gasteiger partial charge in [-0.3, -0.25) is 9.48 Å². The summed E-state index contributed by atoms with van der Waals surface area (Å²) in [5, 5.41) is 4.20. The monoisotopic (exact) mass is 207 g/mol. The van der Waals surface area contributed by atoms with E-state index in [1.807, 2.05) is 31.9 Å². The number of nitrogens with zero attached hydrogens (tertiary/aromatic N) is 3. The number of aryl methyl sites for hydroxylation is 2. The van der Waals surface area contributed by atoms with E-state index in [0.29, 0.717) is 11.7 Å². The Balaban J connectivity index is 2.22. The average molecular weight is 207 g/mol. The van der Waals surface area contributed by atoms with Crippen molar-refractivity contribution < 1.29 is 4.79 Å². The molecule has 0 radical (unpaired) electrons. The van der Waals surface area contributed by atoms with Crippen LogP contribution in [-0.4, -0.2) is 33.2 Å². The van der Waals surface area contributed by atoms with Gasteiger partial charge < -0.3 is 4.90 Å². The summed E-state index contributed by atoms with van der Waals surface area (Å²) in [5.41, 5.74) is 1.59. The van der Waals surface area contributed by atoms with Gasteiger partial charge in [-0.15, -0.1) is 0 Å². The lowest BCUT2D eigenvalue weighted by Gasteiger charge is -2.19. The second-order valence-corrected chi connectivity index (χ2v) is 4.12. The molecule has 1 heterocycles. The van der Waals surface area contributed by atoms with Crippen LogP contribution in [0.15, 0.2) is 6.07 Å². The molecule has 0 atom stereocenters. The molecule has 1 fully saturated rings. The fraction of sp³-hybridized carbons (Fsp3) is 0.636. The Bertz CT molecular complexity index is 379. The third-order valence-electron chi connectivity index (χ3n) is 2.81. The van der Waals surface area contributed by atoms with Gasteiger partial charge in [0.25, 0.3) is 5.91 Å². The van der Waals surface area contributed by atoms with E-state index in [0.717, 1.165) is 25.1 Å². The Labute approximate surface area is 89.9 Å². The zero-order valence-corrected chi connectivity index (χ0v) is 9.53. The normalized spacial score (nSPS) is 15.4. The van der Waals surface area contributed by atoms with Gasteiger partial charge in [0.05, 0.1) is 5.69 Å². The largest absolute Gasteiger partial charge is 0.335 e. The van der Waals surface area contributed by atoms with Crippen LogP contribution in [0.5, 0.6) is 0 Å². The Morgan fingerprint density at radius 1 is 1.67 bits per heavy atom. The molecule has 0 bridgehead atoms. The maximum Gasteiger partial charge on any atom is 0.272 e. The van der Waals surface area contributed by atoms with E-state index in [9.17, 15) is 4.79 Å². The quantitative estimate of drug-likeness (QED) is 0.750. The fourth-order valence-electron chi connectivity index (χ4n) is 1.91. The lowest BCUT2D eigenvalue weighted by molar-refractivity contribution is 0.0741. The van der Waals surface area contributed by atoms with Gasteiger partial charge >= 0.3 is 0 Å². The topological polar surface area (TPSA) is 38.1 Å². The molecule has 15 heavy (non-hydrogen) atoms. The Kier molecular flexibility index (Phi) is 2.50. The summed E-state index contributed by atoms with van der Waals surface area (Å²) >= 11 is 0. The minimum atomic E-state index is 0.114. The summed E-state index contributed by atoms with van der Waals surface area (Å²) in [7, 11) is 1.82. The zero-order chi connectivity index (χ0) is 11.0. The standard InChI is InChI=1S/C11H17N3O/c1-4-14(9-5-6-9)11(15)10-7-8(2)12-13(10)3/h7,9H,4-6H2,1-3H3. The van der Waals surface area contributed by atoms with Crippen molar-refractivity contribution in [1.82, 2.24) is 14.7 Å². The van der Waals surface area contributed by atoms with Crippen molar-refractivity contribution in [3.63, 3.8) is 0 Å². The van der Waals surface area contributed by atoms with E-state index in [1.165, 1.54) is 0 Å². The van der Waals surface area contributed by atoms with E-state index in [2.05, 4.69) is 5.10 Å². The van der Waals surface area contributed by atoms with E-state index >= 15 is 0 Å². The minimum absolute atomic E-state index is 0.114. The number of hydrogen-bond acceptors (Lipinski definition) is 2. The molecule has 4 heteroatoms. The van der Waals surface area contributed by atoms with E-state index in [4.69, 9.17) is 0 Å². The summed E-state index contributed by atoms with van der Waals surface area (Å²) in [4.78, 5) is 14.1. The highest BCUT2D eigenvalue weighted by atomic mass is 16.2. The van der Waals surface area contributed by atoms with Crippen LogP contribution >= 0.6 is 0 Å². The highest BCUT2D eigenvalue weighted by molar-refractivity contribution is 5.93. The lowest BCUT2D eigenvalue weighted by Crippen LogP contribution is -2.34. The summed E-state index contributed by atoms with van der Waals surface area (Å²) < 4.78 is 1.67. The highest BCUT2D eigenvalue weighted by Crippen LogP contribution is 2.27. The van der Waals surface area contributed by atoms with Crippen molar-refractivity contribution in [3.05, 3.63) is 17.5 Å². The zero-order valence-electron chi connectivity index (χ0n) is 9.53. The number of aromatic nitrogens is 2. The summed E-state index contributed by atoms with van der Waals surface area (Å²) in [6, 6.07) is 2.32. The molecule has 0 aromatic carbocycles. The van der Waals surface area contributed by atoms with E-state index in [-0.39, 0.29) is 5.91 Å². The van der Waals surface area contributed by atoms with Gasteiger partial charge in [-0.05, 0) is 32.8 Å². The Morgan fingerprint density at radius 3 is 2.73 bits per heavy atom. The first-order chi connectivity index (χ1) is 7.13. The number of hydrogen-bond donors (Lipinski definition) is 0. The molecule has 0 spiro atoms. The van der Waals surface area contributed by atoms with Gasteiger partial charge in [0.2, 0.25) is 0 Å². The summed E-state index contributed by atoms with van der Waals surface area (Å²) in [6.45, 7) is 4.72. The fourth-order valence-corrected chi connectivity index (χ4v) is 1.91. The third kappa shape index (κ3) is 1.89. The summed E-state index contributed by atoms with van der Waals surface area (Å²) in [5.74, 6) is 0.114. The highest BCUT2D eigenvalue weighted by Gasteiger charge is 2.32. The van der Waals surface area contributed by atoms with E-state index < -0.39 is 0 Å². The molecule has 1 amide bonds.